The van der Waals surface area contributed by atoms with E-state index >= 15 is 0 Å². The number of rotatable bonds is 9. The summed E-state index contributed by atoms with van der Waals surface area (Å²) in [6, 6.07) is 12.8. The fourth-order valence-electron chi connectivity index (χ4n) is 2.49. The molecular formula is C20H29N3OS. The first-order valence-electron chi connectivity index (χ1n) is 8.83. The lowest BCUT2D eigenvalue weighted by atomic mass is 10.1. The van der Waals surface area contributed by atoms with Gasteiger partial charge in [-0.15, -0.1) is 11.3 Å². The van der Waals surface area contributed by atoms with Gasteiger partial charge in [-0.25, -0.2) is 0 Å². The van der Waals surface area contributed by atoms with E-state index in [-0.39, 0.29) is 0 Å². The third-order valence-electron chi connectivity index (χ3n) is 3.93. The molecule has 2 rings (SSSR count). The zero-order chi connectivity index (χ0) is 17.9. The average Bonchev–Trinajstić information content (AvgIpc) is 3.14. The van der Waals surface area contributed by atoms with Crippen molar-refractivity contribution < 1.29 is 4.74 Å². The van der Waals surface area contributed by atoms with Crippen LogP contribution < -0.4 is 10.6 Å². The molecule has 2 N–H and O–H groups in total. The molecule has 0 saturated carbocycles. The number of hydrogen-bond acceptors (Lipinski definition) is 3. The van der Waals surface area contributed by atoms with Crippen molar-refractivity contribution >= 4 is 17.3 Å². The Bertz CT molecular complexity index is 623. The summed E-state index contributed by atoms with van der Waals surface area (Å²) < 4.78 is 5.42. The quantitative estimate of drug-likeness (QED) is 0.528. The Morgan fingerprint density at radius 2 is 1.92 bits per heavy atom. The smallest absolute Gasteiger partial charge is 0.191 e. The summed E-state index contributed by atoms with van der Waals surface area (Å²) in [6.45, 7) is 7.36. The molecule has 25 heavy (non-hydrogen) atoms. The molecule has 0 saturated heterocycles. The van der Waals surface area contributed by atoms with Crippen LogP contribution in [-0.2, 0) is 24.3 Å². The minimum Gasteiger partial charge on any atom is -0.377 e. The van der Waals surface area contributed by atoms with Crippen LogP contribution in [0.1, 0.15) is 29.9 Å². The van der Waals surface area contributed by atoms with Gasteiger partial charge in [0.1, 0.15) is 0 Å². The third-order valence-corrected chi connectivity index (χ3v) is 4.83. The van der Waals surface area contributed by atoms with Crippen LogP contribution in [0.3, 0.4) is 0 Å². The van der Waals surface area contributed by atoms with Crippen molar-refractivity contribution in [1.82, 2.24) is 10.6 Å². The van der Waals surface area contributed by atoms with Gasteiger partial charge in [0.15, 0.2) is 5.96 Å². The first kappa shape index (κ1) is 19.5. The Kier molecular flexibility index (Phi) is 8.49. The lowest BCUT2D eigenvalue weighted by molar-refractivity contribution is 0.134. The molecule has 1 heterocycles. The van der Waals surface area contributed by atoms with E-state index in [4.69, 9.17) is 4.74 Å². The molecule has 0 aliphatic heterocycles. The van der Waals surface area contributed by atoms with Gasteiger partial charge in [-0.3, -0.25) is 4.99 Å². The number of guanidine groups is 1. The molecule has 5 heteroatoms. The van der Waals surface area contributed by atoms with Crippen LogP contribution in [0.5, 0.6) is 0 Å². The van der Waals surface area contributed by atoms with E-state index in [9.17, 15) is 0 Å². The molecule has 1 unspecified atom stereocenters. The minimum absolute atomic E-state index is 0.565. The largest absolute Gasteiger partial charge is 0.377 e. The first-order chi connectivity index (χ1) is 12.2. The zero-order valence-corrected chi connectivity index (χ0v) is 16.2. The number of ether oxygens (including phenoxy) is 1. The maximum atomic E-state index is 5.42. The fraction of sp³-hybridized carbons (Fsp3) is 0.450. The Morgan fingerprint density at radius 3 is 2.56 bits per heavy atom. The van der Waals surface area contributed by atoms with Gasteiger partial charge in [0.25, 0.3) is 0 Å². The van der Waals surface area contributed by atoms with E-state index in [2.05, 4.69) is 64.3 Å². The van der Waals surface area contributed by atoms with Crippen molar-refractivity contribution in [3.63, 3.8) is 0 Å². The molecule has 0 aliphatic rings. The number of hydrogen-bond donors (Lipinski definition) is 2. The topological polar surface area (TPSA) is 45.6 Å². The standard InChI is InChI=1S/C20H29N3OS/c1-4-24-15-18-9-7-17(8-10-18)14-23-20(21-3)22-13-16(2)12-19-6-5-11-25-19/h5-11,16H,4,12-15H2,1-3H3,(H2,21,22,23). The van der Waals surface area contributed by atoms with Gasteiger partial charge < -0.3 is 15.4 Å². The van der Waals surface area contributed by atoms with E-state index in [0.29, 0.717) is 12.5 Å². The van der Waals surface area contributed by atoms with Gasteiger partial charge in [0, 0.05) is 31.6 Å². The molecule has 0 aliphatic carbocycles. The van der Waals surface area contributed by atoms with Crippen LogP contribution in [0.15, 0.2) is 46.8 Å². The van der Waals surface area contributed by atoms with E-state index in [1.807, 2.05) is 25.3 Å². The summed E-state index contributed by atoms with van der Waals surface area (Å²) >= 11 is 1.82. The van der Waals surface area contributed by atoms with Crippen LogP contribution in [0, 0.1) is 5.92 Å². The van der Waals surface area contributed by atoms with Crippen LogP contribution in [0.4, 0.5) is 0 Å². The normalized spacial score (nSPS) is 12.8. The van der Waals surface area contributed by atoms with Gasteiger partial charge in [-0.1, -0.05) is 37.3 Å². The Balaban J connectivity index is 1.72. The summed E-state index contributed by atoms with van der Waals surface area (Å²) in [5.74, 6) is 1.41. The molecule has 0 fully saturated rings. The van der Waals surface area contributed by atoms with Gasteiger partial charge in [0.05, 0.1) is 6.61 Å². The number of thiophene rings is 1. The Labute approximate surface area is 155 Å². The lowest BCUT2D eigenvalue weighted by Gasteiger charge is -2.16. The number of benzene rings is 1. The number of aliphatic imine (C=N–C) groups is 1. The second-order valence-corrected chi connectivity index (χ2v) is 7.18. The molecule has 1 aromatic carbocycles. The average molecular weight is 360 g/mol. The third kappa shape index (κ3) is 7.28. The SMILES string of the molecule is CCOCc1ccc(CNC(=NC)NCC(C)Cc2cccs2)cc1. The molecule has 0 spiro atoms. The van der Waals surface area contributed by atoms with Crippen molar-refractivity contribution in [2.45, 2.75) is 33.4 Å². The molecule has 0 bridgehead atoms. The predicted octanol–water partition coefficient (Wildman–Crippen LogP) is 3.83. The minimum atomic E-state index is 0.565. The van der Waals surface area contributed by atoms with Crippen molar-refractivity contribution in [3.05, 3.63) is 57.8 Å². The lowest BCUT2D eigenvalue weighted by Crippen LogP contribution is -2.39. The Hall–Kier alpha value is -1.85. The fourth-order valence-corrected chi connectivity index (χ4v) is 3.36. The van der Waals surface area contributed by atoms with Crippen LogP contribution >= 0.6 is 11.3 Å². The van der Waals surface area contributed by atoms with E-state index < -0.39 is 0 Å². The summed E-state index contributed by atoms with van der Waals surface area (Å²) in [5.41, 5.74) is 2.44. The molecule has 2 aromatic rings. The molecule has 0 amide bonds. The van der Waals surface area contributed by atoms with E-state index in [1.54, 1.807) is 0 Å². The summed E-state index contributed by atoms with van der Waals surface area (Å²) in [6.07, 6.45) is 1.10. The zero-order valence-electron chi connectivity index (χ0n) is 15.4. The molecule has 136 valence electrons. The second kappa shape index (κ2) is 10.9. The highest BCUT2D eigenvalue weighted by Crippen LogP contribution is 2.13. The molecule has 4 nitrogen and oxygen atoms in total. The highest BCUT2D eigenvalue weighted by Gasteiger charge is 2.06. The first-order valence-corrected chi connectivity index (χ1v) is 9.71. The number of nitrogens with zero attached hydrogens (tertiary/aromatic N) is 1. The predicted molar refractivity (Wildman–Crippen MR) is 107 cm³/mol. The molecule has 1 atom stereocenters. The maximum absolute atomic E-state index is 5.42. The number of nitrogens with one attached hydrogen (secondary N) is 2. The Morgan fingerprint density at radius 1 is 1.16 bits per heavy atom. The van der Waals surface area contributed by atoms with Crippen molar-refractivity contribution in [1.29, 1.82) is 0 Å². The van der Waals surface area contributed by atoms with Crippen molar-refractivity contribution in [3.8, 4) is 0 Å². The van der Waals surface area contributed by atoms with Crippen LogP contribution in [-0.4, -0.2) is 26.2 Å². The van der Waals surface area contributed by atoms with Crippen LogP contribution in [0.25, 0.3) is 0 Å². The van der Waals surface area contributed by atoms with Gasteiger partial charge in [-0.05, 0) is 41.8 Å². The molecule has 1 aromatic heterocycles. The highest BCUT2D eigenvalue weighted by atomic mass is 32.1. The van der Waals surface area contributed by atoms with Gasteiger partial charge in [-0.2, -0.15) is 0 Å². The second-order valence-electron chi connectivity index (χ2n) is 6.15. The molecule has 0 radical (unpaired) electrons. The monoisotopic (exact) mass is 359 g/mol. The van der Waals surface area contributed by atoms with Crippen molar-refractivity contribution in [2.24, 2.45) is 10.9 Å². The van der Waals surface area contributed by atoms with Crippen LogP contribution in [0.2, 0.25) is 0 Å². The summed E-state index contributed by atoms with van der Waals surface area (Å²) in [7, 11) is 1.81. The highest BCUT2D eigenvalue weighted by molar-refractivity contribution is 7.09. The summed E-state index contributed by atoms with van der Waals surface area (Å²) in [5, 5.41) is 8.92. The van der Waals surface area contributed by atoms with Crippen molar-refractivity contribution in [2.75, 3.05) is 20.2 Å². The summed E-state index contributed by atoms with van der Waals surface area (Å²) in [4.78, 5) is 5.74. The van der Waals surface area contributed by atoms with E-state index in [1.165, 1.54) is 16.0 Å². The maximum Gasteiger partial charge on any atom is 0.191 e. The molecular weight excluding hydrogens is 330 g/mol. The van der Waals surface area contributed by atoms with Gasteiger partial charge in [0.2, 0.25) is 0 Å². The van der Waals surface area contributed by atoms with E-state index in [0.717, 1.165) is 32.1 Å². The van der Waals surface area contributed by atoms with Gasteiger partial charge >= 0.3 is 0 Å².